The molecule has 1 aliphatic carbocycles. The Bertz CT molecular complexity index is 1470. The van der Waals surface area contributed by atoms with E-state index in [4.69, 9.17) is 8.92 Å². The Morgan fingerprint density at radius 2 is 1.65 bits per heavy atom. The number of hydrogen-bond donors (Lipinski definition) is 0. The molecule has 0 bridgehead atoms. The minimum absolute atomic E-state index is 0.0266. The summed E-state index contributed by atoms with van der Waals surface area (Å²) in [5.74, 6) is 1.55. The van der Waals surface area contributed by atoms with E-state index in [1.54, 1.807) is 37.6 Å². The van der Waals surface area contributed by atoms with Crippen LogP contribution in [0, 0.1) is 12.3 Å². The topological polar surface area (TPSA) is 92.3 Å². The van der Waals surface area contributed by atoms with Crippen LogP contribution >= 0.6 is 0 Å². The molecular weight excluding hydrogens is 564 g/mol. The second-order valence-corrected chi connectivity index (χ2v) is 13.3. The third kappa shape index (κ3) is 7.37. The van der Waals surface area contributed by atoms with Crippen molar-refractivity contribution in [3.8, 4) is 5.75 Å². The first kappa shape index (κ1) is 31.0. The standard InChI is InChI=1S/C33H42N4O5S/c1-26-11-13-28(14-12-26)43(39,40)42-27-15-17-33(2,18-16-27)32(38)37(31-10-6-7-19-34-31)25-22-35-20-23-36(24-21-35)29-8-4-5-9-30(29)41-3/h4-14,19,27H,15-18,20-25H2,1-3H3. The lowest BCUT2D eigenvalue weighted by Crippen LogP contribution is -2.51. The lowest BCUT2D eigenvalue weighted by Gasteiger charge is -2.40. The fourth-order valence-electron chi connectivity index (χ4n) is 5.98. The van der Waals surface area contributed by atoms with E-state index in [9.17, 15) is 13.2 Å². The number of carbonyl (C=O) groups is 1. The maximum absolute atomic E-state index is 14.1. The van der Waals surface area contributed by atoms with E-state index in [-0.39, 0.29) is 10.8 Å². The molecule has 0 N–H and O–H groups in total. The first-order chi connectivity index (χ1) is 20.7. The van der Waals surface area contributed by atoms with E-state index < -0.39 is 21.6 Å². The minimum atomic E-state index is -3.86. The summed E-state index contributed by atoms with van der Waals surface area (Å²) in [7, 11) is -2.16. The van der Waals surface area contributed by atoms with Crippen LogP contribution in [-0.2, 0) is 19.1 Å². The molecule has 0 spiro atoms. The molecule has 2 aromatic carbocycles. The number of para-hydroxylation sites is 2. The van der Waals surface area contributed by atoms with Gasteiger partial charge in [0, 0.05) is 50.9 Å². The number of ether oxygens (including phenoxy) is 1. The number of hydrogen-bond acceptors (Lipinski definition) is 8. The third-order valence-electron chi connectivity index (χ3n) is 8.73. The number of aromatic nitrogens is 1. The first-order valence-corrected chi connectivity index (χ1v) is 16.4. The smallest absolute Gasteiger partial charge is 0.297 e. The molecule has 2 aliphatic rings. The van der Waals surface area contributed by atoms with Crippen LogP contribution in [0.4, 0.5) is 11.5 Å². The summed E-state index contributed by atoms with van der Waals surface area (Å²) in [5.41, 5.74) is 1.46. The van der Waals surface area contributed by atoms with Gasteiger partial charge in [-0.1, -0.05) is 42.8 Å². The second-order valence-electron chi connectivity index (χ2n) is 11.8. The van der Waals surface area contributed by atoms with Gasteiger partial charge in [0.05, 0.1) is 23.8 Å². The molecule has 1 saturated carbocycles. The molecule has 0 radical (unpaired) electrons. The minimum Gasteiger partial charge on any atom is -0.495 e. The van der Waals surface area contributed by atoms with Crippen molar-refractivity contribution in [2.24, 2.45) is 5.41 Å². The van der Waals surface area contributed by atoms with E-state index in [0.717, 1.165) is 49.7 Å². The van der Waals surface area contributed by atoms with E-state index in [0.29, 0.717) is 38.0 Å². The Hall–Kier alpha value is -3.47. The van der Waals surface area contributed by atoms with E-state index in [1.807, 2.05) is 55.1 Å². The second kappa shape index (κ2) is 13.4. The van der Waals surface area contributed by atoms with Gasteiger partial charge in [-0.25, -0.2) is 4.98 Å². The monoisotopic (exact) mass is 606 g/mol. The zero-order chi connectivity index (χ0) is 30.5. The van der Waals surface area contributed by atoms with E-state index >= 15 is 0 Å². The van der Waals surface area contributed by atoms with Crippen molar-refractivity contribution < 1.29 is 22.1 Å². The van der Waals surface area contributed by atoms with Crippen molar-refractivity contribution in [1.82, 2.24) is 9.88 Å². The number of carbonyl (C=O) groups excluding carboxylic acids is 1. The van der Waals surface area contributed by atoms with E-state index in [2.05, 4.69) is 20.9 Å². The summed E-state index contributed by atoms with van der Waals surface area (Å²) in [6.07, 6.45) is 3.34. The zero-order valence-electron chi connectivity index (χ0n) is 25.3. The van der Waals surface area contributed by atoms with Crippen molar-refractivity contribution in [3.63, 3.8) is 0 Å². The Balaban J connectivity index is 1.20. The molecule has 2 heterocycles. The van der Waals surface area contributed by atoms with Gasteiger partial charge >= 0.3 is 0 Å². The van der Waals surface area contributed by atoms with Gasteiger partial charge in [-0.2, -0.15) is 8.42 Å². The quantitative estimate of drug-likeness (QED) is 0.301. The lowest BCUT2D eigenvalue weighted by atomic mass is 9.73. The maximum Gasteiger partial charge on any atom is 0.297 e. The van der Waals surface area contributed by atoms with Gasteiger partial charge in [0.25, 0.3) is 10.1 Å². The summed E-state index contributed by atoms with van der Waals surface area (Å²) >= 11 is 0. The summed E-state index contributed by atoms with van der Waals surface area (Å²) in [4.78, 5) is 25.4. The van der Waals surface area contributed by atoms with Crippen LogP contribution < -0.4 is 14.5 Å². The maximum atomic E-state index is 14.1. The Morgan fingerprint density at radius 3 is 2.30 bits per heavy atom. The number of amides is 1. The number of benzene rings is 2. The number of pyridine rings is 1. The fourth-order valence-corrected chi connectivity index (χ4v) is 7.11. The number of nitrogens with zero attached hydrogens (tertiary/aromatic N) is 4. The SMILES string of the molecule is COc1ccccc1N1CCN(CCN(C(=O)C2(C)CCC(OS(=O)(=O)c3ccc(C)cc3)CC2)c2ccccn2)CC1. The summed E-state index contributed by atoms with van der Waals surface area (Å²) in [6, 6.07) is 20.4. The van der Waals surface area contributed by atoms with Crippen molar-refractivity contribution in [2.45, 2.75) is 50.5 Å². The molecule has 0 atom stereocenters. The van der Waals surface area contributed by atoms with Crippen molar-refractivity contribution in [3.05, 3.63) is 78.5 Å². The van der Waals surface area contributed by atoms with Gasteiger partial charge in [-0.15, -0.1) is 0 Å². The van der Waals surface area contributed by atoms with Crippen LogP contribution in [0.3, 0.4) is 0 Å². The average molecular weight is 607 g/mol. The molecular formula is C33H42N4O5S. The number of anilines is 2. The predicted molar refractivity (Wildman–Crippen MR) is 168 cm³/mol. The molecule has 1 aliphatic heterocycles. The Kier molecular flexibility index (Phi) is 9.68. The highest BCUT2D eigenvalue weighted by Gasteiger charge is 2.42. The Morgan fingerprint density at radius 1 is 0.977 bits per heavy atom. The summed E-state index contributed by atoms with van der Waals surface area (Å²) < 4.78 is 36.9. The molecule has 9 nitrogen and oxygen atoms in total. The van der Waals surface area contributed by atoms with Crippen LogP contribution in [0.2, 0.25) is 0 Å². The predicted octanol–water partition coefficient (Wildman–Crippen LogP) is 4.91. The normalized spacial score (nSPS) is 21.4. The van der Waals surface area contributed by atoms with Gasteiger partial charge in [0.15, 0.2) is 0 Å². The highest BCUT2D eigenvalue weighted by molar-refractivity contribution is 7.86. The summed E-state index contributed by atoms with van der Waals surface area (Å²) in [5, 5.41) is 0. The molecule has 1 aromatic heterocycles. The number of rotatable bonds is 10. The third-order valence-corrected chi connectivity index (χ3v) is 10.1. The van der Waals surface area contributed by atoms with Crippen molar-refractivity contribution in [2.75, 3.05) is 56.2 Å². The highest BCUT2D eigenvalue weighted by atomic mass is 32.2. The fraction of sp³-hybridized carbons (Fsp3) is 0.455. The molecule has 3 aromatic rings. The number of piperazine rings is 1. The number of aryl methyl sites for hydroxylation is 1. The van der Waals surface area contributed by atoms with E-state index in [1.165, 1.54) is 0 Å². The first-order valence-electron chi connectivity index (χ1n) is 15.0. The van der Waals surface area contributed by atoms with Crippen LogP contribution in [0.5, 0.6) is 5.75 Å². The zero-order valence-corrected chi connectivity index (χ0v) is 26.1. The van der Waals surface area contributed by atoms with Crippen LogP contribution in [-0.4, -0.2) is 76.7 Å². The molecule has 230 valence electrons. The molecule has 43 heavy (non-hydrogen) atoms. The molecule has 5 rings (SSSR count). The van der Waals surface area contributed by atoms with Gasteiger partial charge in [0.1, 0.15) is 11.6 Å². The molecule has 10 heteroatoms. The highest BCUT2D eigenvalue weighted by Crippen LogP contribution is 2.40. The van der Waals surface area contributed by atoms with Gasteiger partial charge < -0.3 is 9.64 Å². The number of methoxy groups -OCH3 is 1. The van der Waals surface area contributed by atoms with Gasteiger partial charge in [-0.05, 0) is 69.0 Å². The van der Waals surface area contributed by atoms with Crippen LogP contribution in [0.25, 0.3) is 0 Å². The molecule has 1 amide bonds. The Labute approximate surface area is 255 Å². The van der Waals surface area contributed by atoms with Crippen LogP contribution in [0.15, 0.2) is 77.8 Å². The van der Waals surface area contributed by atoms with Crippen LogP contribution in [0.1, 0.15) is 38.2 Å². The largest absolute Gasteiger partial charge is 0.495 e. The molecule has 0 unspecified atom stereocenters. The molecule has 1 saturated heterocycles. The van der Waals surface area contributed by atoms with Gasteiger partial charge in [-0.3, -0.25) is 18.8 Å². The molecule has 2 fully saturated rings. The van der Waals surface area contributed by atoms with Crippen molar-refractivity contribution in [1.29, 1.82) is 0 Å². The van der Waals surface area contributed by atoms with Gasteiger partial charge in [0.2, 0.25) is 5.91 Å². The average Bonchev–Trinajstić information content (AvgIpc) is 3.03. The summed E-state index contributed by atoms with van der Waals surface area (Å²) in [6.45, 7) is 8.68. The lowest BCUT2D eigenvalue weighted by molar-refractivity contribution is -0.130. The van der Waals surface area contributed by atoms with Crippen molar-refractivity contribution >= 4 is 27.5 Å².